The number of aryl methyl sites for hydroxylation is 1. The van der Waals surface area contributed by atoms with E-state index in [1.54, 1.807) is 49.6 Å². The molecule has 0 saturated heterocycles. The van der Waals surface area contributed by atoms with Gasteiger partial charge in [0.15, 0.2) is 12.4 Å². The number of ether oxygens (including phenoxy) is 2. The minimum atomic E-state index is -0.400. The van der Waals surface area contributed by atoms with Crippen LogP contribution in [-0.2, 0) is 4.79 Å². The van der Waals surface area contributed by atoms with Crippen LogP contribution in [0.4, 0.5) is 5.69 Å². The Balaban J connectivity index is 1.62. The average molecular weight is 494 g/mol. The van der Waals surface area contributed by atoms with Crippen molar-refractivity contribution in [3.63, 3.8) is 0 Å². The minimum Gasteiger partial charge on any atom is -0.496 e. The van der Waals surface area contributed by atoms with Crippen LogP contribution in [0.5, 0.6) is 11.5 Å². The van der Waals surface area contributed by atoms with Crippen molar-refractivity contribution < 1.29 is 23.5 Å². The summed E-state index contributed by atoms with van der Waals surface area (Å²) in [6.07, 6.45) is 0. The molecule has 32 heavy (non-hydrogen) atoms. The molecule has 0 bridgehead atoms. The van der Waals surface area contributed by atoms with E-state index in [4.69, 9.17) is 13.9 Å². The Hall–Kier alpha value is -3.58. The van der Waals surface area contributed by atoms with Gasteiger partial charge in [0.05, 0.1) is 17.3 Å². The van der Waals surface area contributed by atoms with Gasteiger partial charge in [0, 0.05) is 10.9 Å². The first-order valence-electron chi connectivity index (χ1n) is 9.85. The van der Waals surface area contributed by atoms with E-state index in [1.165, 1.54) is 0 Å². The SMILES string of the molecule is COc1ccc(C(=O)c2oc3ccccc3c2NC(=O)COc2cccc(C)c2)cc1Br. The number of amides is 1. The highest BCUT2D eigenvalue weighted by Crippen LogP contribution is 2.34. The number of halogens is 1. The summed E-state index contributed by atoms with van der Waals surface area (Å²) < 4.78 is 17.3. The third kappa shape index (κ3) is 4.53. The zero-order chi connectivity index (χ0) is 22.7. The molecular formula is C25H20BrNO5. The molecule has 0 aliphatic heterocycles. The number of ketones is 1. The van der Waals surface area contributed by atoms with Crippen LogP contribution in [-0.4, -0.2) is 25.4 Å². The van der Waals surface area contributed by atoms with Gasteiger partial charge in [-0.3, -0.25) is 9.59 Å². The summed E-state index contributed by atoms with van der Waals surface area (Å²) >= 11 is 3.40. The van der Waals surface area contributed by atoms with Gasteiger partial charge >= 0.3 is 0 Å². The summed E-state index contributed by atoms with van der Waals surface area (Å²) in [6.45, 7) is 1.74. The molecule has 0 saturated carbocycles. The predicted octanol–water partition coefficient (Wildman–Crippen LogP) is 5.76. The smallest absolute Gasteiger partial charge is 0.262 e. The van der Waals surface area contributed by atoms with Gasteiger partial charge in [0.2, 0.25) is 5.78 Å². The summed E-state index contributed by atoms with van der Waals surface area (Å²) in [7, 11) is 1.55. The molecule has 1 heterocycles. The second-order valence-corrected chi connectivity index (χ2v) is 7.99. The van der Waals surface area contributed by atoms with E-state index in [1.807, 2.05) is 31.2 Å². The van der Waals surface area contributed by atoms with E-state index in [2.05, 4.69) is 21.2 Å². The van der Waals surface area contributed by atoms with Crippen LogP contribution >= 0.6 is 15.9 Å². The Kier molecular flexibility index (Phi) is 6.28. The molecule has 4 rings (SSSR count). The first-order valence-corrected chi connectivity index (χ1v) is 10.6. The molecule has 0 atom stereocenters. The molecule has 0 fully saturated rings. The van der Waals surface area contributed by atoms with Gasteiger partial charge in [0.1, 0.15) is 17.1 Å². The average Bonchev–Trinajstić information content (AvgIpc) is 3.15. The number of methoxy groups -OCH3 is 1. The highest BCUT2D eigenvalue weighted by atomic mass is 79.9. The quantitative estimate of drug-likeness (QED) is 0.331. The zero-order valence-electron chi connectivity index (χ0n) is 17.5. The van der Waals surface area contributed by atoms with Crippen LogP contribution in [0.3, 0.4) is 0 Å². The van der Waals surface area contributed by atoms with Crippen LogP contribution in [0.15, 0.2) is 75.6 Å². The Morgan fingerprint density at radius 3 is 2.59 bits per heavy atom. The summed E-state index contributed by atoms with van der Waals surface area (Å²) in [4.78, 5) is 25.9. The van der Waals surface area contributed by atoms with Crippen molar-refractivity contribution >= 4 is 44.3 Å². The van der Waals surface area contributed by atoms with E-state index in [9.17, 15) is 9.59 Å². The van der Waals surface area contributed by atoms with Gasteiger partial charge < -0.3 is 19.2 Å². The lowest BCUT2D eigenvalue weighted by molar-refractivity contribution is -0.118. The van der Waals surface area contributed by atoms with Gasteiger partial charge in [-0.05, 0) is 70.9 Å². The van der Waals surface area contributed by atoms with Crippen molar-refractivity contribution in [1.82, 2.24) is 0 Å². The van der Waals surface area contributed by atoms with E-state index in [-0.39, 0.29) is 18.2 Å². The van der Waals surface area contributed by atoms with E-state index < -0.39 is 5.91 Å². The van der Waals surface area contributed by atoms with Crippen molar-refractivity contribution in [3.8, 4) is 11.5 Å². The third-order valence-electron chi connectivity index (χ3n) is 4.84. The minimum absolute atomic E-state index is 0.0483. The van der Waals surface area contributed by atoms with Crippen molar-refractivity contribution in [2.75, 3.05) is 19.0 Å². The number of fused-ring (bicyclic) bond motifs is 1. The Labute approximate surface area is 193 Å². The lowest BCUT2D eigenvalue weighted by Crippen LogP contribution is -2.21. The number of benzene rings is 3. The normalized spacial score (nSPS) is 10.7. The Morgan fingerprint density at radius 1 is 1.03 bits per heavy atom. The van der Waals surface area contributed by atoms with Gasteiger partial charge in [-0.15, -0.1) is 0 Å². The molecule has 162 valence electrons. The molecule has 3 aromatic carbocycles. The van der Waals surface area contributed by atoms with Crippen LogP contribution in [0.1, 0.15) is 21.7 Å². The van der Waals surface area contributed by atoms with Crippen LogP contribution in [0.2, 0.25) is 0 Å². The molecule has 6 nitrogen and oxygen atoms in total. The molecule has 0 spiro atoms. The number of furan rings is 1. The zero-order valence-corrected chi connectivity index (χ0v) is 19.1. The maximum atomic E-state index is 13.2. The predicted molar refractivity (Wildman–Crippen MR) is 126 cm³/mol. The molecule has 0 aliphatic carbocycles. The fraction of sp³-hybridized carbons (Fsp3) is 0.120. The summed E-state index contributed by atoms with van der Waals surface area (Å²) in [5.41, 5.74) is 2.24. The first kappa shape index (κ1) is 21.6. The van der Waals surface area contributed by atoms with Crippen molar-refractivity contribution in [3.05, 3.63) is 88.1 Å². The molecule has 0 unspecified atom stereocenters. The van der Waals surface area contributed by atoms with Crippen molar-refractivity contribution in [2.24, 2.45) is 0 Å². The molecule has 7 heteroatoms. The molecule has 0 radical (unpaired) electrons. The lowest BCUT2D eigenvalue weighted by Gasteiger charge is -2.09. The van der Waals surface area contributed by atoms with Crippen LogP contribution in [0, 0.1) is 6.92 Å². The highest BCUT2D eigenvalue weighted by Gasteiger charge is 2.24. The summed E-state index contributed by atoms with van der Waals surface area (Å²) in [6, 6.07) is 19.6. The second kappa shape index (κ2) is 9.28. The largest absolute Gasteiger partial charge is 0.496 e. The maximum absolute atomic E-state index is 13.2. The summed E-state index contributed by atoms with van der Waals surface area (Å²) in [5.74, 6) is 0.485. The lowest BCUT2D eigenvalue weighted by atomic mass is 10.1. The van der Waals surface area contributed by atoms with Crippen molar-refractivity contribution in [2.45, 2.75) is 6.92 Å². The van der Waals surface area contributed by atoms with Crippen LogP contribution in [0.25, 0.3) is 11.0 Å². The number of hydrogen-bond donors (Lipinski definition) is 1. The number of para-hydroxylation sites is 1. The van der Waals surface area contributed by atoms with Gasteiger partial charge in [0.25, 0.3) is 5.91 Å². The van der Waals surface area contributed by atoms with Gasteiger partial charge in [-0.1, -0.05) is 24.3 Å². The van der Waals surface area contributed by atoms with Gasteiger partial charge in [-0.25, -0.2) is 0 Å². The maximum Gasteiger partial charge on any atom is 0.262 e. The third-order valence-corrected chi connectivity index (χ3v) is 5.46. The summed E-state index contributed by atoms with van der Waals surface area (Å²) in [5, 5.41) is 3.42. The van der Waals surface area contributed by atoms with E-state index >= 15 is 0 Å². The molecular weight excluding hydrogens is 474 g/mol. The molecule has 1 amide bonds. The fourth-order valence-electron chi connectivity index (χ4n) is 3.30. The number of hydrogen-bond acceptors (Lipinski definition) is 5. The number of rotatable bonds is 7. The van der Waals surface area contributed by atoms with Crippen molar-refractivity contribution in [1.29, 1.82) is 0 Å². The van der Waals surface area contributed by atoms with E-state index in [0.29, 0.717) is 38.2 Å². The first-order chi connectivity index (χ1) is 15.5. The molecule has 1 aromatic heterocycles. The topological polar surface area (TPSA) is 77.8 Å². The number of nitrogens with one attached hydrogen (secondary N) is 1. The standard InChI is InChI=1S/C25H20BrNO5/c1-15-6-5-7-17(12-15)31-14-22(28)27-23-18-8-3-4-9-20(18)32-25(23)24(29)16-10-11-21(30-2)19(26)13-16/h3-13H,14H2,1-2H3,(H,27,28). The Bertz CT molecular complexity index is 1310. The molecule has 1 N–H and O–H groups in total. The molecule has 4 aromatic rings. The number of carbonyl (C=O) groups is 2. The Morgan fingerprint density at radius 2 is 1.84 bits per heavy atom. The van der Waals surface area contributed by atoms with Gasteiger partial charge in [-0.2, -0.15) is 0 Å². The molecule has 0 aliphatic rings. The number of anilines is 1. The second-order valence-electron chi connectivity index (χ2n) is 7.13. The monoisotopic (exact) mass is 493 g/mol. The van der Waals surface area contributed by atoms with Crippen LogP contribution < -0.4 is 14.8 Å². The number of carbonyl (C=O) groups excluding carboxylic acids is 2. The fourth-order valence-corrected chi connectivity index (χ4v) is 3.84. The van der Waals surface area contributed by atoms with E-state index in [0.717, 1.165) is 5.56 Å². The highest BCUT2D eigenvalue weighted by molar-refractivity contribution is 9.10.